The predicted molar refractivity (Wildman–Crippen MR) is 85.6 cm³/mol. The third kappa shape index (κ3) is 2.81. The summed E-state index contributed by atoms with van der Waals surface area (Å²) < 4.78 is 6.19. The number of halogens is 1. The van der Waals surface area contributed by atoms with Crippen LogP contribution in [0.1, 0.15) is 21.5 Å². The fourth-order valence-electron chi connectivity index (χ4n) is 2.64. The molecule has 0 radical (unpaired) electrons. The van der Waals surface area contributed by atoms with E-state index in [-0.39, 0.29) is 5.91 Å². The summed E-state index contributed by atoms with van der Waals surface area (Å²) in [5, 5.41) is 0. The van der Waals surface area contributed by atoms with Gasteiger partial charge >= 0.3 is 0 Å². The lowest BCUT2D eigenvalue weighted by molar-refractivity contribution is 0.0726. The highest BCUT2D eigenvalue weighted by molar-refractivity contribution is 9.10. The van der Waals surface area contributed by atoms with Crippen molar-refractivity contribution in [2.75, 3.05) is 13.7 Å². The third-order valence-corrected chi connectivity index (χ3v) is 4.38. The van der Waals surface area contributed by atoms with Gasteiger partial charge in [0.25, 0.3) is 5.91 Å². The van der Waals surface area contributed by atoms with Gasteiger partial charge in [-0.25, -0.2) is 0 Å². The van der Waals surface area contributed by atoms with Crippen molar-refractivity contribution in [3.05, 3.63) is 63.6 Å². The number of hydrogen-bond donors (Lipinski definition) is 0. The molecule has 0 spiro atoms. The van der Waals surface area contributed by atoms with Crippen LogP contribution in [-0.2, 0) is 13.0 Å². The first-order valence-corrected chi connectivity index (χ1v) is 7.68. The highest BCUT2D eigenvalue weighted by Crippen LogP contribution is 2.31. The topological polar surface area (TPSA) is 29.5 Å². The maximum atomic E-state index is 12.7. The number of fused-ring (bicyclic) bond motifs is 1. The van der Waals surface area contributed by atoms with Crippen LogP contribution in [0.2, 0.25) is 0 Å². The number of hydrogen-bond acceptors (Lipinski definition) is 2. The van der Waals surface area contributed by atoms with Gasteiger partial charge in [-0.2, -0.15) is 0 Å². The fourth-order valence-corrected chi connectivity index (χ4v) is 3.19. The van der Waals surface area contributed by atoms with E-state index in [4.69, 9.17) is 4.74 Å². The molecule has 0 aromatic heterocycles. The van der Waals surface area contributed by atoms with Crippen LogP contribution in [0.15, 0.2) is 46.9 Å². The molecule has 4 heteroatoms. The van der Waals surface area contributed by atoms with Gasteiger partial charge in [0.1, 0.15) is 5.75 Å². The van der Waals surface area contributed by atoms with Crippen molar-refractivity contribution in [2.24, 2.45) is 0 Å². The van der Waals surface area contributed by atoms with Gasteiger partial charge in [-0.1, -0.05) is 30.3 Å². The number of methoxy groups -OCH3 is 1. The highest BCUT2D eigenvalue weighted by atomic mass is 79.9. The van der Waals surface area contributed by atoms with Gasteiger partial charge in [-0.05, 0) is 45.6 Å². The zero-order valence-electron chi connectivity index (χ0n) is 11.8. The molecule has 0 saturated carbocycles. The summed E-state index contributed by atoms with van der Waals surface area (Å²) in [5.74, 6) is 0.773. The largest absolute Gasteiger partial charge is 0.496 e. The summed E-state index contributed by atoms with van der Waals surface area (Å²) in [7, 11) is 1.61. The smallest absolute Gasteiger partial charge is 0.254 e. The monoisotopic (exact) mass is 345 g/mol. The van der Waals surface area contributed by atoms with E-state index in [0.717, 1.165) is 34.1 Å². The van der Waals surface area contributed by atoms with E-state index >= 15 is 0 Å². The Morgan fingerprint density at radius 3 is 2.71 bits per heavy atom. The van der Waals surface area contributed by atoms with Gasteiger partial charge in [0.05, 0.1) is 11.6 Å². The molecule has 0 saturated heterocycles. The molecule has 2 aromatic rings. The molecule has 1 amide bonds. The van der Waals surface area contributed by atoms with Crippen LogP contribution >= 0.6 is 15.9 Å². The van der Waals surface area contributed by atoms with Gasteiger partial charge in [-0.15, -0.1) is 0 Å². The Hall–Kier alpha value is -1.81. The predicted octanol–water partition coefficient (Wildman–Crippen LogP) is 3.66. The minimum atomic E-state index is 0.0749. The molecular formula is C17H16BrNO2. The van der Waals surface area contributed by atoms with Crippen LogP contribution in [0.3, 0.4) is 0 Å². The third-order valence-electron chi connectivity index (χ3n) is 3.76. The Labute approximate surface area is 132 Å². The molecular weight excluding hydrogens is 330 g/mol. The normalized spacial score (nSPS) is 14.0. The number of nitrogens with zero attached hydrogens (tertiary/aromatic N) is 1. The van der Waals surface area contributed by atoms with Crippen LogP contribution in [-0.4, -0.2) is 24.5 Å². The summed E-state index contributed by atoms with van der Waals surface area (Å²) >= 11 is 3.47. The van der Waals surface area contributed by atoms with E-state index in [2.05, 4.69) is 15.9 Å². The zero-order chi connectivity index (χ0) is 14.8. The molecule has 0 fully saturated rings. The lowest BCUT2D eigenvalue weighted by atomic mass is 9.98. The Morgan fingerprint density at radius 1 is 1.24 bits per heavy atom. The lowest BCUT2D eigenvalue weighted by Gasteiger charge is -2.29. The molecule has 1 aliphatic rings. The van der Waals surface area contributed by atoms with Crippen LogP contribution < -0.4 is 4.74 Å². The van der Waals surface area contributed by atoms with E-state index in [0.29, 0.717) is 12.3 Å². The van der Waals surface area contributed by atoms with E-state index in [1.807, 2.05) is 47.4 Å². The number of amides is 1. The minimum absolute atomic E-state index is 0.0749. The highest BCUT2D eigenvalue weighted by Gasteiger charge is 2.25. The molecule has 1 heterocycles. The Balaban J connectivity index is 1.88. The number of ether oxygens (including phenoxy) is 1. The van der Waals surface area contributed by atoms with Crippen LogP contribution in [0.4, 0.5) is 0 Å². The molecule has 21 heavy (non-hydrogen) atoms. The van der Waals surface area contributed by atoms with Crippen LogP contribution in [0.25, 0.3) is 0 Å². The van der Waals surface area contributed by atoms with Crippen LogP contribution in [0, 0.1) is 0 Å². The van der Waals surface area contributed by atoms with E-state index in [1.165, 1.54) is 0 Å². The molecule has 0 unspecified atom stereocenters. The summed E-state index contributed by atoms with van der Waals surface area (Å²) in [6.07, 6.45) is 0.872. The van der Waals surface area contributed by atoms with Crippen molar-refractivity contribution >= 4 is 21.8 Å². The Bertz CT molecular complexity index is 670. The second kappa shape index (κ2) is 5.90. The SMILES string of the molecule is COc1cc2c(cc1Br)CCN(Cc1ccccc1)C2=O. The second-order valence-corrected chi connectivity index (χ2v) is 5.96. The summed E-state index contributed by atoms with van der Waals surface area (Å²) in [5.41, 5.74) is 2.98. The van der Waals surface area contributed by atoms with Crippen LogP contribution in [0.5, 0.6) is 5.75 Å². The number of carbonyl (C=O) groups is 1. The Morgan fingerprint density at radius 2 is 2.00 bits per heavy atom. The number of benzene rings is 2. The standard InChI is InChI=1S/C17H16BrNO2/c1-21-16-10-14-13(9-15(16)18)7-8-19(17(14)20)11-12-5-3-2-4-6-12/h2-6,9-10H,7-8,11H2,1H3. The van der Waals surface area contributed by atoms with E-state index in [1.54, 1.807) is 7.11 Å². The Kier molecular flexibility index (Phi) is 3.97. The molecule has 1 aliphatic heterocycles. The van der Waals surface area contributed by atoms with Crippen molar-refractivity contribution in [2.45, 2.75) is 13.0 Å². The molecule has 0 aliphatic carbocycles. The summed E-state index contributed by atoms with van der Waals surface area (Å²) in [6.45, 7) is 1.40. The van der Waals surface area contributed by atoms with Gasteiger partial charge in [-0.3, -0.25) is 4.79 Å². The minimum Gasteiger partial charge on any atom is -0.496 e. The van der Waals surface area contributed by atoms with Gasteiger partial charge in [0.2, 0.25) is 0 Å². The van der Waals surface area contributed by atoms with Crippen molar-refractivity contribution in [3.8, 4) is 5.75 Å². The second-order valence-electron chi connectivity index (χ2n) is 5.11. The maximum Gasteiger partial charge on any atom is 0.254 e. The molecule has 0 bridgehead atoms. The van der Waals surface area contributed by atoms with E-state index in [9.17, 15) is 4.79 Å². The van der Waals surface area contributed by atoms with Crippen molar-refractivity contribution < 1.29 is 9.53 Å². The van der Waals surface area contributed by atoms with Gasteiger partial charge in [0.15, 0.2) is 0 Å². The number of carbonyl (C=O) groups excluding carboxylic acids is 1. The average Bonchev–Trinajstić information content (AvgIpc) is 2.51. The summed E-state index contributed by atoms with van der Waals surface area (Å²) in [6, 6.07) is 13.9. The molecule has 108 valence electrons. The molecule has 3 nitrogen and oxygen atoms in total. The first kappa shape index (κ1) is 14.1. The molecule has 2 aromatic carbocycles. The maximum absolute atomic E-state index is 12.7. The fraction of sp³-hybridized carbons (Fsp3) is 0.235. The zero-order valence-corrected chi connectivity index (χ0v) is 13.4. The average molecular weight is 346 g/mol. The molecule has 3 rings (SSSR count). The van der Waals surface area contributed by atoms with E-state index < -0.39 is 0 Å². The molecule has 0 atom stereocenters. The molecule has 0 N–H and O–H groups in total. The van der Waals surface area contributed by atoms with Crippen molar-refractivity contribution in [3.63, 3.8) is 0 Å². The number of rotatable bonds is 3. The first-order valence-electron chi connectivity index (χ1n) is 6.88. The van der Waals surface area contributed by atoms with Gasteiger partial charge in [0, 0.05) is 18.7 Å². The van der Waals surface area contributed by atoms with Gasteiger partial charge < -0.3 is 9.64 Å². The summed E-state index contributed by atoms with van der Waals surface area (Å²) in [4.78, 5) is 14.5. The quantitative estimate of drug-likeness (QED) is 0.849. The van der Waals surface area contributed by atoms with Crippen molar-refractivity contribution in [1.82, 2.24) is 4.90 Å². The lowest BCUT2D eigenvalue weighted by Crippen LogP contribution is -2.37. The van der Waals surface area contributed by atoms with Crippen molar-refractivity contribution in [1.29, 1.82) is 0 Å². The first-order chi connectivity index (χ1) is 10.2.